The normalized spacial score (nSPS) is 19.0. The van der Waals surface area contributed by atoms with E-state index in [9.17, 15) is 14.0 Å². The maximum absolute atomic E-state index is 14.7. The van der Waals surface area contributed by atoms with E-state index >= 15 is 0 Å². The molecule has 2 atom stereocenters. The third kappa shape index (κ3) is 5.70. The summed E-state index contributed by atoms with van der Waals surface area (Å²) < 4.78 is 20.9. The number of hydrogen-bond acceptors (Lipinski definition) is 5. The Balaban J connectivity index is 1.43. The molecular formula is C28H30FIN4O4. The number of imidazole rings is 1. The van der Waals surface area contributed by atoms with Gasteiger partial charge in [0.2, 0.25) is 0 Å². The van der Waals surface area contributed by atoms with Gasteiger partial charge in [-0.25, -0.2) is 14.2 Å². The van der Waals surface area contributed by atoms with Crippen molar-refractivity contribution < 1.29 is 23.8 Å². The van der Waals surface area contributed by atoms with Gasteiger partial charge in [-0.05, 0) is 70.8 Å². The molecule has 1 saturated carbocycles. The lowest BCUT2D eigenvalue weighted by atomic mass is 9.84. The van der Waals surface area contributed by atoms with E-state index in [4.69, 9.17) is 9.84 Å². The summed E-state index contributed by atoms with van der Waals surface area (Å²) in [5, 5.41) is 11.8. The monoisotopic (exact) mass is 632 g/mol. The molecule has 2 aromatic carbocycles. The highest BCUT2D eigenvalue weighted by Gasteiger charge is 2.45. The van der Waals surface area contributed by atoms with Crippen LogP contribution in [0.15, 0.2) is 48.7 Å². The van der Waals surface area contributed by atoms with Crippen LogP contribution in [0.1, 0.15) is 62.0 Å². The van der Waals surface area contributed by atoms with E-state index in [0.717, 1.165) is 29.3 Å². The van der Waals surface area contributed by atoms with E-state index in [2.05, 4.69) is 37.9 Å². The molecule has 0 radical (unpaired) electrons. The van der Waals surface area contributed by atoms with Crippen molar-refractivity contribution in [2.45, 2.75) is 50.6 Å². The minimum absolute atomic E-state index is 0.0963. The summed E-state index contributed by atoms with van der Waals surface area (Å²) in [4.78, 5) is 35.9. The van der Waals surface area contributed by atoms with E-state index < -0.39 is 18.1 Å². The number of aliphatic hydroxyl groups is 1. The standard InChI is InChI=1S/C28H30FIN4O4/c29-22-15-19(30)8-11-21(22)23-16-31-26(32-23)24(14-17-4-2-1-3-5-17)34-27(36)25(33-28(34)37)18-6-9-20(10-7-18)38-13-12-35/h6-11,15-17,24-25,35H,1-5,12-14H2,(H,31,32)(H,33,37)/t24-,25+/m0/s1. The molecule has 0 unspecified atom stereocenters. The van der Waals surface area contributed by atoms with Crippen molar-refractivity contribution >= 4 is 34.5 Å². The van der Waals surface area contributed by atoms with Crippen molar-refractivity contribution in [1.82, 2.24) is 20.2 Å². The van der Waals surface area contributed by atoms with Crippen molar-refractivity contribution in [3.8, 4) is 17.0 Å². The Labute approximate surface area is 234 Å². The molecule has 0 bridgehead atoms. The number of aliphatic hydroxyl groups excluding tert-OH is 1. The van der Waals surface area contributed by atoms with Gasteiger partial charge in [-0.2, -0.15) is 0 Å². The van der Waals surface area contributed by atoms with Crippen molar-refractivity contribution in [3.63, 3.8) is 0 Å². The van der Waals surface area contributed by atoms with Crippen LogP contribution in [0.4, 0.5) is 9.18 Å². The first-order valence-electron chi connectivity index (χ1n) is 12.9. The van der Waals surface area contributed by atoms with Crippen LogP contribution in [0.25, 0.3) is 11.3 Å². The maximum atomic E-state index is 14.7. The summed E-state index contributed by atoms with van der Waals surface area (Å²) in [6, 6.07) is 9.97. The highest BCUT2D eigenvalue weighted by Crippen LogP contribution is 2.38. The van der Waals surface area contributed by atoms with Crippen LogP contribution in [-0.2, 0) is 4.79 Å². The predicted molar refractivity (Wildman–Crippen MR) is 148 cm³/mol. The summed E-state index contributed by atoms with van der Waals surface area (Å²) in [7, 11) is 0. The topological polar surface area (TPSA) is 108 Å². The third-order valence-electron chi connectivity index (χ3n) is 7.27. The van der Waals surface area contributed by atoms with Crippen molar-refractivity contribution in [2.24, 2.45) is 5.92 Å². The molecular weight excluding hydrogens is 602 g/mol. The molecule has 10 heteroatoms. The molecule has 38 heavy (non-hydrogen) atoms. The second-order valence-electron chi connectivity index (χ2n) is 9.79. The average molecular weight is 632 g/mol. The number of carbonyl (C=O) groups excluding carboxylic acids is 2. The zero-order valence-corrected chi connectivity index (χ0v) is 23.0. The molecule has 0 spiro atoms. The molecule has 1 aliphatic heterocycles. The molecule has 2 fully saturated rings. The molecule has 1 saturated heterocycles. The number of imide groups is 1. The fourth-order valence-electron chi connectivity index (χ4n) is 5.36. The number of nitrogens with one attached hydrogen (secondary N) is 2. The Morgan fingerprint density at radius 1 is 1.13 bits per heavy atom. The molecule has 8 nitrogen and oxygen atoms in total. The second-order valence-corrected chi connectivity index (χ2v) is 11.0. The van der Waals surface area contributed by atoms with Gasteiger partial charge in [0, 0.05) is 9.13 Å². The predicted octanol–water partition coefficient (Wildman–Crippen LogP) is 5.50. The number of benzene rings is 2. The molecule has 1 aromatic heterocycles. The van der Waals surface area contributed by atoms with Gasteiger partial charge in [0.15, 0.2) is 0 Å². The molecule has 2 aliphatic rings. The number of carbonyl (C=O) groups is 2. The quantitative estimate of drug-likeness (QED) is 0.214. The van der Waals surface area contributed by atoms with Crippen LogP contribution in [-0.4, -0.2) is 45.1 Å². The second kappa shape index (κ2) is 11.8. The van der Waals surface area contributed by atoms with Gasteiger partial charge >= 0.3 is 6.03 Å². The van der Waals surface area contributed by atoms with Gasteiger partial charge in [-0.1, -0.05) is 44.2 Å². The number of urea groups is 1. The van der Waals surface area contributed by atoms with E-state index in [1.807, 2.05) is 6.07 Å². The van der Waals surface area contributed by atoms with Gasteiger partial charge in [-0.15, -0.1) is 0 Å². The SMILES string of the molecule is O=C1N[C@H](c2ccc(OCCO)cc2)C(=O)N1[C@@H](CC1CCCCC1)c1ncc(-c2ccc(I)cc2F)[nH]1. The Kier molecular flexibility index (Phi) is 8.27. The Morgan fingerprint density at radius 2 is 1.89 bits per heavy atom. The number of halogens is 2. The zero-order chi connectivity index (χ0) is 26.6. The number of nitrogens with zero attached hydrogens (tertiary/aromatic N) is 2. The molecule has 3 amide bonds. The number of ether oxygens (including phenoxy) is 1. The molecule has 5 rings (SSSR count). The van der Waals surface area contributed by atoms with Crippen molar-refractivity contribution in [3.05, 3.63) is 69.4 Å². The Bertz CT molecular complexity index is 1290. The van der Waals surface area contributed by atoms with Gasteiger partial charge in [-0.3, -0.25) is 9.69 Å². The summed E-state index contributed by atoms with van der Waals surface area (Å²) in [6.45, 7) is 0.0767. The highest BCUT2D eigenvalue weighted by molar-refractivity contribution is 14.1. The lowest BCUT2D eigenvalue weighted by molar-refractivity contribution is -0.129. The van der Waals surface area contributed by atoms with Crippen molar-refractivity contribution in [2.75, 3.05) is 13.2 Å². The third-order valence-corrected chi connectivity index (χ3v) is 7.94. The zero-order valence-electron chi connectivity index (χ0n) is 20.8. The maximum Gasteiger partial charge on any atom is 0.325 e. The Morgan fingerprint density at radius 3 is 2.61 bits per heavy atom. The minimum atomic E-state index is -0.827. The number of amides is 3. The van der Waals surface area contributed by atoms with E-state index in [-0.39, 0.29) is 24.9 Å². The molecule has 3 aromatic rings. The summed E-state index contributed by atoms with van der Waals surface area (Å²) in [5.74, 6) is 0.688. The molecule has 2 heterocycles. The summed E-state index contributed by atoms with van der Waals surface area (Å²) in [5.41, 5.74) is 1.53. The van der Waals surface area contributed by atoms with Crippen LogP contribution < -0.4 is 10.1 Å². The van der Waals surface area contributed by atoms with Gasteiger partial charge in [0.25, 0.3) is 5.91 Å². The van der Waals surface area contributed by atoms with Crippen LogP contribution in [0.2, 0.25) is 0 Å². The van der Waals surface area contributed by atoms with Gasteiger partial charge in [0.1, 0.15) is 30.0 Å². The van der Waals surface area contributed by atoms with E-state index in [0.29, 0.717) is 40.7 Å². The van der Waals surface area contributed by atoms with Crippen LogP contribution in [0, 0.1) is 15.3 Å². The number of aromatic amines is 1. The van der Waals surface area contributed by atoms with Crippen LogP contribution in [0.5, 0.6) is 5.75 Å². The lowest BCUT2D eigenvalue weighted by Crippen LogP contribution is -2.37. The van der Waals surface area contributed by atoms with Gasteiger partial charge < -0.3 is 20.1 Å². The highest BCUT2D eigenvalue weighted by atomic mass is 127. The molecule has 3 N–H and O–H groups in total. The lowest BCUT2D eigenvalue weighted by Gasteiger charge is -2.30. The summed E-state index contributed by atoms with van der Waals surface area (Å²) in [6.07, 6.45) is 7.69. The molecule has 200 valence electrons. The minimum Gasteiger partial charge on any atom is -0.491 e. The smallest absolute Gasteiger partial charge is 0.325 e. The number of aromatic nitrogens is 2. The largest absolute Gasteiger partial charge is 0.491 e. The fourth-order valence-corrected chi connectivity index (χ4v) is 5.82. The Hall–Kier alpha value is -2.99. The average Bonchev–Trinajstić information content (AvgIpc) is 3.51. The van der Waals surface area contributed by atoms with Crippen molar-refractivity contribution in [1.29, 1.82) is 0 Å². The first-order valence-corrected chi connectivity index (χ1v) is 14.0. The van der Waals surface area contributed by atoms with Crippen LogP contribution in [0.3, 0.4) is 0 Å². The molecule has 1 aliphatic carbocycles. The number of H-pyrrole nitrogens is 1. The number of rotatable bonds is 9. The van der Waals surface area contributed by atoms with Crippen LogP contribution >= 0.6 is 22.6 Å². The van der Waals surface area contributed by atoms with E-state index in [1.54, 1.807) is 36.5 Å². The fraction of sp³-hybridized carbons (Fsp3) is 0.393. The first kappa shape index (κ1) is 26.6. The van der Waals surface area contributed by atoms with Gasteiger partial charge in [0.05, 0.1) is 24.5 Å². The number of hydrogen-bond donors (Lipinski definition) is 3. The summed E-state index contributed by atoms with van der Waals surface area (Å²) >= 11 is 2.06. The van der Waals surface area contributed by atoms with E-state index in [1.165, 1.54) is 17.4 Å². The first-order chi connectivity index (χ1) is 18.4.